The van der Waals surface area contributed by atoms with Crippen molar-refractivity contribution in [3.05, 3.63) is 59.7 Å². The van der Waals surface area contributed by atoms with Gasteiger partial charge in [0.25, 0.3) is 0 Å². The fourth-order valence-electron chi connectivity index (χ4n) is 1.91. The predicted octanol–water partition coefficient (Wildman–Crippen LogP) is 3.12. The van der Waals surface area contributed by atoms with Crippen molar-refractivity contribution in [3.8, 4) is 6.07 Å². The zero-order chi connectivity index (χ0) is 13.7. The first-order chi connectivity index (χ1) is 9.22. The van der Waals surface area contributed by atoms with Gasteiger partial charge >= 0.3 is 0 Å². The molecular weight excluding hydrogens is 241 g/mol. The molecule has 96 valence electrons. The van der Waals surface area contributed by atoms with Gasteiger partial charge in [0.15, 0.2) is 0 Å². The van der Waals surface area contributed by atoms with Crippen molar-refractivity contribution in [2.75, 3.05) is 11.4 Å². The molecule has 2 rings (SSSR count). The van der Waals surface area contributed by atoms with E-state index in [1.165, 1.54) is 12.1 Å². The monoisotopic (exact) mass is 255 g/mol. The van der Waals surface area contributed by atoms with Crippen molar-refractivity contribution in [1.29, 1.82) is 5.26 Å². The highest BCUT2D eigenvalue weighted by molar-refractivity contribution is 5.47. The van der Waals surface area contributed by atoms with E-state index in [-0.39, 0.29) is 5.82 Å². The molecule has 0 spiro atoms. The molecule has 0 radical (unpaired) electrons. The zero-order valence-corrected chi connectivity index (χ0v) is 10.7. The average molecular weight is 255 g/mol. The highest BCUT2D eigenvalue weighted by Gasteiger charge is 2.07. The molecule has 1 aromatic heterocycles. The number of rotatable bonds is 4. The van der Waals surface area contributed by atoms with Crippen LogP contribution in [0.2, 0.25) is 0 Å². The zero-order valence-electron chi connectivity index (χ0n) is 10.7. The largest absolute Gasteiger partial charge is 0.367 e. The number of pyridine rings is 1. The molecule has 1 heterocycles. The van der Waals surface area contributed by atoms with Gasteiger partial charge in [-0.3, -0.25) is 0 Å². The third kappa shape index (κ3) is 3.29. The second-order valence-electron chi connectivity index (χ2n) is 4.16. The fraction of sp³-hybridized carbons (Fsp3) is 0.200. The lowest BCUT2D eigenvalue weighted by Gasteiger charge is -2.23. The van der Waals surface area contributed by atoms with Gasteiger partial charge in [-0.05, 0) is 42.8 Å². The normalized spacial score (nSPS) is 9.95. The molecule has 1 aromatic carbocycles. The molecule has 0 aliphatic carbocycles. The van der Waals surface area contributed by atoms with E-state index >= 15 is 0 Å². The quantitative estimate of drug-likeness (QED) is 0.842. The lowest BCUT2D eigenvalue weighted by atomic mass is 10.2. The number of nitrogens with zero attached hydrogens (tertiary/aromatic N) is 3. The Morgan fingerprint density at radius 3 is 2.84 bits per heavy atom. The summed E-state index contributed by atoms with van der Waals surface area (Å²) in [6, 6.07) is 12.1. The van der Waals surface area contributed by atoms with Crippen molar-refractivity contribution in [3.63, 3.8) is 0 Å². The maximum absolute atomic E-state index is 13.2. The average Bonchev–Trinajstić information content (AvgIpc) is 2.45. The van der Waals surface area contributed by atoms with Crippen LogP contribution in [-0.2, 0) is 6.54 Å². The van der Waals surface area contributed by atoms with E-state index in [1.807, 2.05) is 30.0 Å². The minimum atomic E-state index is -0.247. The van der Waals surface area contributed by atoms with Gasteiger partial charge in [0.2, 0.25) is 0 Å². The summed E-state index contributed by atoms with van der Waals surface area (Å²) in [6.07, 6.45) is 1.62. The third-order valence-corrected chi connectivity index (χ3v) is 2.87. The van der Waals surface area contributed by atoms with E-state index in [2.05, 4.69) is 4.98 Å². The highest BCUT2D eigenvalue weighted by Crippen LogP contribution is 2.18. The van der Waals surface area contributed by atoms with Gasteiger partial charge in [-0.2, -0.15) is 5.26 Å². The second-order valence-corrected chi connectivity index (χ2v) is 4.16. The number of benzene rings is 1. The lowest BCUT2D eigenvalue weighted by Crippen LogP contribution is -2.22. The minimum Gasteiger partial charge on any atom is -0.367 e. The van der Waals surface area contributed by atoms with Crippen LogP contribution >= 0.6 is 0 Å². The first kappa shape index (κ1) is 13.0. The van der Waals surface area contributed by atoms with Crippen LogP contribution in [0.25, 0.3) is 0 Å². The molecule has 0 aliphatic heterocycles. The number of nitriles is 1. The molecule has 0 atom stereocenters. The molecule has 2 aromatic rings. The van der Waals surface area contributed by atoms with Crippen molar-refractivity contribution >= 4 is 5.69 Å². The van der Waals surface area contributed by atoms with Crippen LogP contribution in [-0.4, -0.2) is 11.5 Å². The van der Waals surface area contributed by atoms with E-state index in [0.717, 1.165) is 17.8 Å². The Labute approximate surface area is 111 Å². The van der Waals surface area contributed by atoms with Crippen LogP contribution in [0.4, 0.5) is 10.1 Å². The Morgan fingerprint density at radius 2 is 2.16 bits per heavy atom. The Balaban J connectivity index is 2.21. The number of hydrogen-bond acceptors (Lipinski definition) is 3. The summed E-state index contributed by atoms with van der Waals surface area (Å²) in [4.78, 5) is 5.98. The van der Waals surface area contributed by atoms with Crippen LogP contribution in [0.3, 0.4) is 0 Å². The minimum absolute atomic E-state index is 0.247. The summed E-state index contributed by atoms with van der Waals surface area (Å²) in [5.41, 5.74) is 2.21. The van der Waals surface area contributed by atoms with Crippen LogP contribution < -0.4 is 4.90 Å². The Bertz CT molecular complexity index is 604. The fourth-order valence-corrected chi connectivity index (χ4v) is 1.91. The summed E-state index contributed by atoms with van der Waals surface area (Å²) in [7, 11) is 0. The maximum atomic E-state index is 13.2. The molecule has 0 saturated carbocycles. The first-order valence-electron chi connectivity index (χ1n) is 6.08. The van der Waals surface area contributed by atoms with Gasteiger partial charge in [0.05, 0.1) is 0 Å². The van der Waals surface area contributed by atoms with Crippen molar-refractivity contribution < 1.29 is 4.39 Å². The summed E-state index contributed by atoms with van der Waals surface area (Å²) in [5.74, 6) is -0.247. The molecule has 19 heavy (non-hydrogen) atoms. The molecular formula is C15H14FN3. The van der Waals surface area contributed by atoms with E-state index < -0.39 is 0 Å². The van der Waals surface area contributed by atoms with Gasteiger partial charge in [-0.25, -0.2) is 9.37 Å². The van der Waals surface area contributed by atoms with E-state index in [1.54, 1.807) is 18.3 Å². The van der Waals surface area contributed by atoms with Crippen LogP contribution in [0.15, 0.2) is 42.6 Å². The summed E-state index contributed by atoms with van der Waals surface area (Å²) >= 11 is 0. The Morgan fingerprint density at radius 1 is 1.32 bits per heavy atom. The second kappa shape index (κ2) is 5.96. The molecule has 0 bridgehead atoms. The summed E-state index contributed by atoms with van der Waals surface area (Å²) in [5, 5.41) is 8.83. The van der Waals surface area contributed by atoms with Gasteiger partial charge < -0.3 is 4.90 Å². The molecule has 0 fully saturated rings. The number of anilines is 1. The summed E-state index contributed by atoms with van der Waals surface area (Å²) < 4.78 is 13.2. The van der Waals surface area contributed by atoms with E-state index in [9.17, 15) is 4.39 Å². The van der Waals surface area contributed by atoms with Crippen LogP contribution in [0, 0.1) is 17.1 Å². The molecule has 0 unspecified atom stereocenters. The topological polar surface area (TPSA) is 39.9 Å². The maximum Gasteiger partial charge on any atom is 0.140 e. The highest BCUT2D eigenvalue weighted by atomic mass is 19.1. The molecule has 0 saturated heterocycles. The van der Waals surface area contributed by atoms with E-state index in [4.69, 9.17) is 5.26 Å². The number of hydrogen-bond donors (Lipinski definition) is 0. The summed E-state index contributed by atoms with van der Waals surface area (Å²) in [6.45, 7) is 3.39. The van der Waals surface area contributed by atoms with Crippen LogP contribution in [0.1, 0.15) is 18.2 Å². The standard InChI is InChI=1S/C15H14FN3/c1-2-19(15-5-3-4-13(16)9-15)11-12-6-7-18-14(8-12)10-17/h3-9H,2,11H2,1H3. The van der Waals surface area contributed by atoms with Crippen molar-refractivity contribution in [2.45, 2.75) is 13.5 Å². The molecule has 3 nitrogen and oxygen atoms in total. The third-order valence-electron chi connectivity index (χ3n) is 2.87. The van der Waals surface area contributed by atoms with E-state index in [0.29, 0.717) is 12.2 Å². The van der Waals surface area contributed by atoms with Gasteiger partial charge in [-0.15, -0.1) is 0 Å². The van der Waals surface area contributed by atoms with Gasteiger partial charge in [0, 0.05) is 25.0 Å². The Kier molecular flexibility index (Phi) is 4.09. The first-order valence-corrected chi connectivity index (χ1v) is 6.08. The smallest absolute Gasteiger partial charge is 0.140 e. The number of aromatic nitrogens is 1. The van der Waals surface area contributed by atoms with Gasteiger partial charge in [-0.1, -0.05) is 6.07 Å². The number of halogens is 1. The Hall–Kier alpha value is -2.41. The molecule has 4 heteroatoms. The van der Waals surface area contributed by atoms with Gasteiger partial charge in [0.1, 0.15) is 17.6 Å². The lowest BCUT2D eigenvalue weighted by molar-refractivity contribution is 0.626. The van der Waals surface area contributed by atoms with Crippen LogP contribution in [0.5, 0.6) is 0 Å². The predicted molar refractivity (Wildman–Crippen MR) is 72.1 cm³/mol. The van der Waals surface area contributed by atoms with Crippen molar-refractivity contribution in [1.82, 2.24) is 4.98 Å². The van der Waals surface area contributed by atoms with Crippen molar-refractivity contribution in [2.24, 2.45) is 0 Å². The molecule has 0 N–H and O–H groups in total. The molecule has 0 amide bonds. The SMILES string of the molecule is CCN(Cc1ccnc(C#N)c1)c1cccc(F)c1. The molecule has 0 aliphatic rings.